The van der Waals surface area contributed by atoms with Crippen LogP contribution in [0.15, 0.2) is 22.6 Å². The molecule has 0 aliphatic carbocycles. The summed E-state index contributed by atoms with van der Waals surface area (Å²) in [5.41, 5.74) is 1.18. The fourth-order valence-corrected chi connectivity index (χ4v) is 2.91. The summed E-state index contributed by atoms with van der Waals surface area (Å²) in [5, 5.41) is 10.2. The van der Waals surface area contributed by atoms with E-state index in [9.17, 15) is 14.3 Å². The van der Waals surface area contributed by atoms with E-state index in [1.54, 1.807) is 18.7 Å². The maximum absolute atomic E-state index is 13.3. The van der Waals surface area contributed by atoms with Crippen LogP contribution in [0.3, 0.4) is 0 Å². The van der Waals surface area contributed by atoms with E-state index in [1.165, 1.54) is 18.2 Å². The van der Waals surface area contributed by atoms with E-state index < -0.39 is 6.10 Å². The minimum atomic E-state index is -0.423. The lowest BCUT2D eigenvalue weighted by atomic mass is 10.0. The summed E-state index contributed by atoms with van der Waals surface area (Å²) in [6.07, 6.45) is 0.366. The second kappa shape index (κ2) is 5.15. The van der Waals surface area contributed by atoms with Gasteiger partial charge in [0.2, 0.25) is 0 Å². The van der Waals surface area contributed by atoms with Crippen molar-refractivity contribution in [3.63, 3.8) is 0 Å². The first-order chi connectivity index (χ1) is 9.97. The number of carbonyl (C=O) groups excluding carboxylic acids is 1. The number of aryl methyl sites for hydroxylation is 1. The topological polar surface area (TPSA) is 53.7 Å². The highest BCUT2D eigenvalue weighted by atomic mass is 19.1. The largest absolute Gasteiger partial charge is 0.451 e. The monoisotopic (exact) mass is 291 g/mol. The average Bonchev–Trinajstić information content (AvgIpc) is 3.04. The summed E-state index contributed by atoms with van der Waals surface area (Å²) in [6, 6.07) is 4.24. The molecule has 1 N–H and O–H groups in total. The van der Waals surface area contributed by atoms with E-state index in [0.29, 0.717) is 29.6 Å². The first-order valence-electron chi connectivity index (χ1n) is 7.13. The molecule has 1 aliphatic rings. The molecule has 1 saturated heterocycles. The molecule has 2 unspecified atom stereocenters. The first-order valence-corrected chi connectivity index (χ1v) is 7.13. The highest BCUT2D eigenvalue weighted by Gasteiger charge is 2.32. The van der Waals surface area contributed by atoms with Crippen molar-refractivity contribution in [3.8, 4) is 0 Å². The van der Waals surface area contributed by atoms with Gasteiger partial charge in [-0.25, -0.2) is 4.39 Å². The molecule has 2 atom stereocenters. The highest BCUT2D eigenvalue weighted by molar-refractivity contribution is 5.99. The summed E-state index contributed by atoms with van der Waals surface area (Å²) in [4.78, 5) is 14.2. The van der Waals surface area contributed by atoms with Crippen molar-refractivity contribution in [2.45, 2.75) is 26.4 Å². The summed E-state index contributed by atoms with van der Waals surface area (Å²) in [5.74, 6) is -0.161. The van der Waals surface area contributed by atoms with Crippen molar-refractivity contribution in [3.05, 3.63) is 35.3 Å². The van der Waals surface area contributed by atoms with Crippen LogP contribution in [0.4, 0.5) is 4.39 Å². The third-order valence-electron chi connectivity index (χ3n) is 4.29. The number of carbonyl (C=O) groups is 1. The number of fused-ring (bicyclic) bond motifs is 1. The molecule has 1 aromatic heterocycles. The Bertz CT molecular complexity index is 692. The van der Waals surface area contributed by atoms with Crippen molar-refractivity contribution in [2.24, 2.45) is 5.92 Å². The van der Waals surface area contributed by atoms with Gasteiger partial charge < -0.3 is 14.4 Å². The van der Waals surface area contributed by atoms with Gasteiger partial charge in [0, 0.05) is 30.0 Å². The van der Waals surface area contributed by atoms with Crippen LogP contribution in [-0.4, -0.2) is 35.1 Å². The fourth-order valence-electron chi connectivity index (χ4n) is 2.91. The van der Waals surface area contributed by atoms with E-state index in [-0.39, 0.29) is 23.4 Å². The van der Waals surface area contributed by atoms with Crippen molar-refractivity contribution in [2.75, 3.05) is 13.1 Å². The average molecular weight is 291 g/mol. The van der Waals surface area contributed by atoms with E-state index in [4.69, 9.17) is 4.42 Å². The number of likely N-dealkylation sites (tertiary alicyclic amines) is 1. The van der Waals surface area contributed by atoms with Gasteiger partial charge in [-0.1, -0.05) is 0 Å². The highest BCUT2D eigenvalue weighted by Crippen LogP contribution is 2.29. The Balaban J connectivity index is 1.90. The number of nitrogens with zero attached hydrogens (tertiary/aromatic N) is 1. The Morgan fingerprint density at radius 3 is 2.95 bits per heavy atom. The van der Waals surface area contributed by atoms with Crippen molar-refractivity contribution in [1.82, 2.24) is 4.90 Å². The molecule has 0 radical (unpaired) electrons. The third-order valence-corrected chi connectivity index (χ3v) is 4.29. The summed E-state index contributed by atoms with van der Waals surface area (Å²) in [6.45, 7) is 4.65. The van der Waals surface area contributed by atoms with Gasteiger partial charge in [0.1, 0.15) is 11.4 Å². The zero-order valence-electron chi connectivity index (χ0n) is 12.1. The quantitative estimate of drug-likeness (QED) is 0.925. The number of hydrogen-bond donors (Lipinski definition) is 1. The number of rotatable bonds is 2. The SMILES string of the molecule is Cc1c(C(=O)N2CCC(C(C)O)C2)oc2ccc(F)cc12. The predicted molar refractivity (Wildman–Crippen MR) is 76.6 cm³/mol. The minimum absolute atomic E-state index is 0.107. The maximum Gasteiger partial charge on any atom is 0.289 e. The maximum atomic E-state index is 13.3. The Morgan fingerprint density at radius 2 is 2.29 bits per heavy atom. The van der Waals surface area contributed by atoms with E-state index in [0.717, 1.165) is 6.42 Å². The number of amides is 1. The molecule has 112 valence electrons. The van der Waals surface area contributed by atoms with Gasteiger partial charge in [0.05, 0.1) is 6.10 Å². The zero-order valence-corrected chi connectivity index (χ0v) is 12.1. The van der Waals surface area contributed by atoms with Crippen LogP contribution in [0.1, 0.15) is 29.5 Å². The van der Waals surface area contributed by atoms with E-state index in [2.05, 4.69) is 0 Å². The molecule has 1 aromatic carbocycles. The molecule has 0 saturated carbocycles. The van der Waals surface area contributed by atoms with E-state index in [1.807, 2.05) is 0 Å². The van der Waals surface area contributed by atoms with Crippen molar-refractivity contribution in [1.29, 1.82) is 0 Å². The third kappa shape index (κ3) is 2.42. The number of benzene rings is 1. The predicted octanol–water partition coefficient (Wildman–Crippen LogP) is 2.72. The molecule has 5 heteroatoms. The molecule has 0 bridgehead atoms. The Morgan fingerprint density at radius 1 is 1.52 bits per heavy atom. The van der Waals surface area contributed by atoms with Gasteiger partial charge in [-0.15, -0.1) is 0 Å². The summed E-state index contributed by atoms with van der Waals surface area (Å²) < 4.78 is 18.9. The molecule has 3 rings (SSSR count). The Hall–Kier alpha value is -1.88. The van der Waals surface area contributed by atoms with Gasteiger partial charge in [-0.3, -0.25) is 4.79 Å². The molecule has 21 heavy (non-hydrogen) atoms. The fraction of sp³-hybridized carbons (Fsp3) is 0.438. The van der Waals surface area contributed by atoms with E-state index >= 15 is 0 Å². The molecular formula is C16H18FNO3. The zero-order chi connectivity index (χ0) is 15.1. The van der Waals surface area contributed by atoms with Crippen LogP contribution in [0.2, 0.25) is 0 Å². The first kappa shape index (κ1) is 14.1. The number of hydrogen-bond acceptors (Lipinski definition) is 3. The van der Waals surface area contributed by atoms with Gasteiger partial charge >= 0.3 is 0 Å². The summed E-state index contributed by atoms with van der Waals surface area (Å²) in [7, 11) is 0. The normalized spacial score (nSPS) is 20.2. The number of furan rings is 1. The van der Waals surface area contributed by atoms with Crippen LogP contribution in [-0.2, 0) is 0 Å². The molecule has 0 spiro atoms. The number of halogens is 1. The molecule has 4 nitrogen and oxygen atoms in total. The van der Waals surface area contributed by atoms with Gasteiger partial charge in [-0.05, 0) is 38.5 Å². The molecule has 1 aliphatic heterocycles. The molecule has 1 amide bonds. The van der Waals surface area contributed by atoms with Gasteiger partial charge in [0.25, 0.3) is 5.91 Å². The second-order valence-corrected chi connectivity index (χ2v) is 5.74. The van der Waals surface area contributed by atoms with Crippen LogP contribution in [0.25, 0.3) is 11.0 Å². The standard InChI is InChI=1S/C16H18FNO3/c1-9-13-7-12(17)3-4-14(13)21-15(9)16(20)18-6-5-11(8-18)10(2)19/h3-4,7,10-11,19H,5-6,8H2,1-2H3. The van der Waals surface area contributed by atoms with Crippen LogP contribution in [0.5, 0.6) is 0 Å². The molecule has 1 fully saturated rings. The second-order valence-electron chi connectivity index (χ2n) is 5.74. The van der Waals surface area contributed by atoms with Crippen LogP contribution in [0, 0.1) is 18.7 Å². The molecule has 2 aromatic rings. The van der Waals surface area contributed by atoms with Gasteiger partial charge in [0.15, 0.2) is 5.76 Å². The Kier molecular flexibility index (Phi) is 3.45. The lowest BCUT2D eigenvalue weighted by Crippen LogP contribution is -2.30. The molecule has 2 heterocycles. The van der Waals surface area contributed by atoms with Crippen molar-refractivity contribution >= 4 is 16.9 Å². The summed E-state index contributed by atoms with van der Waals surface area (Å²) >= 11 is 0. The molecular weight excluding hydrogens is 273 g/mol. The Labute approximate surface area is 122 Å². The van der Waals surface area contributed by atoms with Crippen LogP contribution < -0.4 is 0 Å². The van der Waals surface area contributed by atoms with Crippen molar-refractivity contribution < 1.29 is 18.7 Å². The smallest absolute Gasteiger partial charge is 0.289 e. The lowest BCUT2D eigenvalue weighted by Gasteiger charge is -2.16. The van der Waals surface area contributed by atoms with Crippen LogP contribution >= 0.6 is 0 Å². The number of aliphatic hydroxyl groups excluding tert-OH is 1. The van der Waals surface area contributed by atoms with Gasteiger partial charge in [-0.2, -0.15) is 0 Å². The lowest BCUT2D eigenvalue weighted by molar-refractivity contribution is 0.0733. The number of aliphatic hydroxyl groups is 1. The minimum Gasteiger partial charge on any atom is -0.451 e.